The minimum Gasteiger partial charge on any atom is -0.497 e. The lowest BCUT2D eigenvalue weighted by atomic mass is 10.0. The van der Waals surface area contributed by atoms with Crippen LogP contribution in [-0.2, 0) is 7.05 Å². The van der Waals surface area contributed by atoms with E-state index < -0.39 is 0 Å². The molecule has 4 rings (SSSR count). The van der Waals surface area contributed by atoms with Crippen LogP contribution < -0.4 is 19.7 Å². The van der Waals surface area contributed by atoms with E-state index in [2.05, 4.69) is 25.8 Å². The molecule has 6 nitrogen and oxygen atoms in total. The van der Waals surface area contributed by atoms with Gasteiger partial charge in [-0.3, -0.25) is 4.98 Å². The molecule has 0 unspecified atom stereocenters. The van der Waals surface area contributed by atoms with Crippen LogP contribution in [0, 0.1) is 0 Å². The van der Waals surface area contributed by atoms with Gasteiger partial charge in [-0.25, -0.2) is 0 Å². The minimum atomic E-state index is -0.0989. The van der Waals surface area contributed by atoms with Gasteiger partial charge in [0.15, 0.2) is 5.11 Å². The third-order valence-electron chi connectivity index (χ3n) is 5.03. The molecular formula is C21H22N4O2S. The van der Waals surface area contributed by atoms with E-state index in [0.29, 0.717) is 5.11 Å². The van der Waals surface area contributed by atoms with E-state index in [1.165, 1.54) is 0 Å². The Morgan fingerprint density at radius 1 is 1.07 bits per heavy atom. The number of pyridine rings is 1. The summed E-state index contributed by atoms with van der Waals surface area (Å²) < 4.78 is 13.2. The lowest BCUT2D eigenvalue weighted by Gasteiger charge is -2.29. The number of rotatable bonds is 5. The summed E-state index contributed by atoms with van der Waals surface area (Å²) in [5, 5.41) is 4.08. The van der Waals surface area contributed by atoms with Gasteiger partial charge in [0.1, 0.15) is 17.5 Å². The van der Waals surface area contributed by atoms with Gasteiger partial charge in [0, 0.05) is 31.2 Å². The molecule has 0 amide bonds. The summed E-state index contributed by atoms with van der Waals surface area (Å²) in [7, 11) is 5.34. The lowest BCUT2D eigenvalue weighted by molar-refractivity contribution is 0.402. The smallest absolute Gasteiger partial charge is 0.174 e. The van der Waals surface area contributed by atoms with Crippen molar-refractivity contribution in [2.24, 2.45) is 7.05 Å². The first-order chi connectivity index (χ1) is 13.6. The first-order valence-corrected chi connectivity index (χ1v) is 9.38. The third-order valence-corrected chi connectivity index (χ3v) is 5.35. The second-order valence-electron chi connectivity index (χ2n) is 6.58. The number of thiocarbonyl (C=S) groups is 1. The molecule has 0 spiro atoms. The van der Waals surface area contributed by atoms with Crippen LogP contribution in [0.4, 0.5) is 5.69 Å². The molecule has 2 atom stereocenters. The zero-order valence-corrected chi connectivity index (χ0v) is 16.8. The number of aryl methyl sites for hydroxylation is 1. The summed E-state index contributed by atoms with van der Waals surface area (Å²) >= 11 is 5.76. The predicted molar refractivity (Wildman–Crippen MR) is 113 cm³/mol. The number of anilines is 1. The molecule has 1 aliphatic heterocycles. The normalized spacial score (nSPS) is 18.8. The molecule has 0 saturated carbocycles. The Morgan fingerprint density at radius 3 is 2.57 bits per heavy atom. The average molecular weight is 395 g/mol. The number of nitrogens with one attached hydrogen (secondary N) is 1. The average Bonchev–Trinajstić information content (AvgIpc) is 3.30. The van der Waals surface area contributed by atoms with Gasteiger partial charge in [-0.05, 0) is 48.6 Å². The van der Waals surface area contributed by atoms with Crippen LogP contribution in [0.5, 0.6) is 11.5 Å². The summed E-state index contributed by atoms with van der Waals surface area (Å²) in [6.45, 7) is 0. The SMILES string of the molecule is COc1ccc(OC)c(N2C(=S)N[C@@H](c3ccccn3)[C@@H]2c2cccn2C)c1. The Kier molecular flexibility index (Phi) is 4.92. The first kappa shape index (κ1) is 18.3. The van der Waals surface area contributed by atoms with Crippen LogP contribution in [-0.4, -0.2) is 28.9 Å². The molecule has 1 saturated heterocycles. The predicted octanol–water partition coefficient (Wildman–Crippen LogP) is 3.61. The lowest BCUT2D eigenvalue weighted by Crippen LogP contribution is -2.30. The fourth-order valence-corrected chi connectivity index (χ4v) is 4.02. The fourth-order valence-electron chi connectivity index (χ4n) is 3.68. The summed E-state index contributed by atoms with van der Waals surface area (Å²) in [6.07, 6.45) is 3.84. The van der Waals surface area contributed by atoms with Gasteiger partial charge in [-0.15, -0.1) is 0 Å². The Balaban J connectivity index is 1.88. The van der Waals surface area contributed by atoms with Crippen molar-refractivity contribution in [1.29, 1.82) is 0 Å². The molecule has 28 heavy (non-hydrogen) atoms. The van der Waals surface area contributed by atoms with Gasteiger partial charge in [-0.2, -0.15) is 0 Å². The molecule has 0 bridgehead atoms. The molecule has 0 aliphatic carbocycles. The maximum Gasteiger partial charge on any atom is 0.174 e. The van der Waals surface area contributed by atoms with Crippen molar-refractivity contribution in [1.82, 2.24) is 14.9 Å². The van der Waals surface area contributed by atoms with Crippen molar-refractivity contribution in [3.05, 3.63) is 72.3 Å². The van der Waals surface area contributed by atoms with Gasteiger partial charge in [-0.1, -0.05) is 6.07 Å². The topological polar surface area (TPSA) is 51.6 Å². The van der Waals surface area contributed by atoms with Gasteiger partial charge in [0.25, 0.3) is 0 Å². The van der Waals surface area contributed by atoms with Crippen LogP contribution >= 0.6 is 12.2 Å². The Labute approximate surface area is 169 Å². The molecule has 144 valence electrons. The van der Waals surface area contributed by atoms with Crippen molar-refractivity contribution < 1.29 is 9.47 Å². The minimum absolute atomic E-state index is 0.0941. The largest absolute Gasteiger partial charge is 0.497 e. The second kappa shape index (κ2) is 7.52. The summed E-state index contributed by atoms with van der Waals surface area (Å²) in [6, 6.07) is 15.6. The number of benzene rings is 1. The monoisotopic (exact) mass is 394 g/mol. The van der Waals surface area contributed by atoms with Crippen LogP contribution in [0.2, 0.25) is 0 Å². The summed E-state index contributed by atoms with van der Waals surface area (Å²) in [5.74, 6) is 1.47. The highest BCUT2D eigenvalue weighted by Gasteiger charge is 2.42. The number of hydrogen-bond donors (Lipinski definition) is 1. The molecule has 2 aromatic heterocycles. The van der Waals surface area contributed by atoms with E-state index in [1.807, 2.05) is 55.7 Å². The number of ether oxygens (including phenoxy) is 2. The highest BCUT2D eigenvalue weighted by atomic mass is 32.1. The summed E-state index contributed by atoms with van der Waals surface area (Å²) in [5.41, 5.74) is 2.90. The first-order valence-electron chi connectivity index (χ1n) is 8.98. The van der Waals surface area contributed by atoms with E-state index in [-0.39, 0.29) is 12.1 Å². The van der Waals surface area contributed by atoms with Crippen molar-refractivity contribution in [2.75, 3.05) is 19.1 Å². The van der Waals surface area contributed by atoms with Gasteiger partial charge in [0.2, 0.25) is 0 Å². The molecule has 3 heterocycles. The van der Waals surface area contributed by atoms with Gasteiger partial charge < -0.3 is 24.3 Å². The van der Waals surface area contributed by atoms with E-state index in [1.54, 1.807) is 20.4 Å². The molecule has 1 aromatic carbocycles. The Hall–Kier alpha value is -3.06. The highest BCUT2D eigenvalue weighted by Crippen LogP contribution is 2.45. The maximum atomic E-state index is 5.76. The number of aromatic nitrogens is 2. The molecule has 7 heteroatoms. The maximum absolute atomic E-state index is 5.76. The van der Waals surface area contributed by atoms with Crippen LogP contribution in [0.1, 0.15) is 23.5 Å². The number of nitrogens with zero attached hydrogens (tertiary/aromatic N) is 3. The van der Waals surface area contributed by atoms with Crippen molar-refractivity contribution in [3.8, 4) is 11.5 Å². The zero-order valence-electron chi connectivity index (χ0n) is 16.0. The fraction of sp³-hybridized carbons (Fsp3) is 0.238. The molecule has 1 N–H and O–H groups in total. The number of methoxy groups -OCH3 is 2. The molecule has 3 aromatic rings. The Morgan fingerprint density at radius 2 is 1.93 bits per heavy atom. The summed E-state index contributed by atoms with van der Waals surface area (Å²) in [4.78, 5) is 6.66. The zero-order chi connectivity index (χ0) is 19.7. The highest BCUT2D eigenvalue weighted by molar-refractivity contribution is 7.80. The standard InChI is InChI=1S/C21H22N4O2S/c1-24-12-6-8-16(24)20-19(15-7-4-5-11-22-15)23-21(28)25(20)17-13-14(26-2)9-10-18(17)27-3/h4-13,19-20H,1-3H3,(H,23,28)/t19-,20-/m0/s1. The van der Waals surface area contributed by atoms with Crippen LogP contribution in [0.25, 0.3) is 0 Å². The van der Waals surface area contributed by atoms with E-state index in [4.69, 9.17) is 21.7 Å². The number of hydrogen-bond acceptors (Lipinski definition) is 4. The molecule has 1 fully saturated rings. The van der Waals surface area contributed by atoms with Crippen molar-refractivity contribution in [2.45, 2.75) is 12.1 Å². The quantitative estimate of drug-likeness (QED) is 0.667. The third kappa shape index (κ3) is 3.07. The molecular weight excluding hydrogens is 372 g/mol. The van der Waals surface area contributed by atoms with E-state index in [0.717, 1.165) is 28.6 Å². The van der Waals surface area contributed by atoms with Gasteiger partial charge >= 0.3 is 0 Å². The van der Waals surface area contributed by atoms with Crippen molar-refractivity contribution >= 4 is 23.0 Å². The van der Waals surface area contributed by atoms with Crippen LogP contribution in [0.3, 0.4) is 0 Å². The van der Waals surface area contributed by atoms with E-state index in [9.17, 15) is 0 Å². The second-order valence-corrected chi connectivity index (χ2v) is 6.97. The Bertz CT molecular complexity index is 989. The molecule has 1 aliphatic rings. The molecule has 0 radical (unpaired) electrons. The van der Waals surface area contributed by atoms with E-state index >= 15 is 0 Å². The van der Waals surface area contributed by atoms with Crippen LogP contribution in [0.15, 0.2) is 60.9 Å². The van der Waals surface area contributed by atoms with Crippen molar-refractivity contribution in [3.63, 3.8) is 0 Å². The van der Waals surface area contributed by atoms with Gasteiger partial charge in [0.05, 0.1) is 31.6 Å².